The van der Waals surface area contributed by atoms with E-state index in [9.17, 15) is 0 Å². The normalized spacial score (nSPS) is 14.6. The molecule has 1 heterocycles. The van der Waals surface area contributed by atoms with Gasteiger partial charge in [0, 0.05) is 25.8 Å². The van der Waals surface area contributed by atoms with Gasteiger partial charge in [-0.15, -0.1) is 0 Å². The Morgan fingerprint density at radius 2 is 1.95 bits per heavy atom. The number of hydrogen-bond acceptors (Lipinski definition) is 3. The summed E-state index contributed by atoms with van der Waals surface area (Å²) >= 11 is 0. The van der Waals surface area contributed by atoms with Crippen LogP contribution in [0.5, 0.6) is 0 Å². The lowest BCUT2D eigenvalue weighted by molar-refractivity contribution is 0.0610. The Balaban J connectivity index is 2.74. The number of ether oxygens (including phenoxy) is 1. The number of aromatic nitrogens is 2. The lowest BCUT2D eigenvalue weighted by Gasteiger charge is -2.26. The second-order valence-corrected chi connectivity index (χ2v) is 5.69. The average molecular weight is 295 g/mol. The van der Waals surface area contributed by atoms with E-state index < -0.39 is 0 Å². The van der Waals surface area contributed by atoms with Gasteiger partial charge in [-0.2, -0.15) is 5.10 Å². The molecule has 1 aromatic rings. The van der Waals surface area contributed by atoms with Crippen LogP contribution in [0.3, 0.4) is 0 Å². The fourth-order valence-corrected chi connectivity index (χ4v) is 2.94. The summed E-state index contributed by atoms with van der Waals surface area (Å²) in [6, 6.07) is 3.01. The zero-order valence-corrected chi connectivity index (χ0v) is 14.4. The molecule has 2 atom stereocenters. The first-order valence-electron chi connectivity index (χ1n) is 8.50. The van der Waals surface area contributed by atoms with E-state index in [1.54, 1.807) is 0 Å². The number of rotatable bonds is 11. The molecule has 0 aliphatic heterocycles. The van der Waals surface area contributed by atoms with Crippen LogP contribution in [0.1, 0.15) is 65.1 Å². The average Bonchev–Trinajstić information content (AvgIpc) is 2.94. The third-order valence-electron chi connectivity index (χ3n) is 4.20. The SMILES string of the molecule is CCCC(OC)C(Cc1ccn(C(CC)CC)n1)NCC. The van der Waals surface area contributed by atoms with Gasteiger partial charge in [0.15, 0.2) is 0 Å². The van der Waals surface area contributed by atoms with Crippen molar-refractivity contribution in [3.05, 3.63) is 18.0 Å². The topological polar surface area (TPSA) is 39.1 Å². The Morgan fingerprint density at radius 1 is 1.24 bits per heavy atom. The number of hydrogen-bond donors (Lipinski definition) is 1. The van der Waals surface area contributed by atoms with E-state index in [-0.39, 0.29) is 6.10 Å². The fourth-order valence-electron chi connectivity index (χ4n) is 2.94. The second-order valence-electron chi connectivity index (χ2n) is 5.69. The lowest BCUT2D eigenvalue weighted by atomic mass is 10.0. The number of likely N-dealkylation sites (N-methyl/N-ethyl adjacent to an activating group) is 1. The zero-order chi connectivity index (χ0) is 15.7. The highest BCUT2D eigenvalue weighted by atomic mass is 16.5. The molecule has 0 aliphatic carbocycles. The molecular weight excluding hydrogens is 262 g/mol. The minimum atomic E-state index is 0.258. The number of methoxy groups -OCH3 is 1. The molecule has 2 unspecified atom stereocenters. The summed E-state index contributed by atoms with van der Waals surface area (Å²) in [4.78, 5) is 0. The molecule has 0 amide bonds. The van der Waals surface area contributed by atoms with E-state index >= 15 is 0 Å². The highest BCUT2D eigenvalue weighted by Gasteiger charge is 2.21. The van der Waals surface area contributed by atoms with Crippen molar-refractivity contribution in [2.75, 3.05) is 13.7 Å². The van der Waals surface area contributed by atoms with E-state index in [0.717, 1.165) is 44.3 Å². The van der Waals surface area contributed by atoms with Crippen LogP contribution in [0.4, 0.5) is 0 Å². The van der Waals surface area contributed by atoms with Crippen LogP contribution < -0.4 is 5.32 Å². The fraction of sp³-hybridized carbons (Fsp3) is 0.824. The van der Waals surface area contributed by atoms with Crippen molar-refractivity contribution in [1.82, 2.24) is 15.1 Å². The molecule has 0 saturated heterocycles. The Kier molecular flexibility index (Phi) is 8.62. The molecule has 4 heteroatoms. The molecule has 4 nitrogen and oxygen atoms in total. The van der Waals surface area contributed by atoms with E-state index in [1.807, 2.05) is 7.11 Å². The molecule has 0 aliphatic rings. The highest BCUT2D eigenvalue weighted by Crippen LogP contribution is 2.16. The maximum Gasteiger partial charge on any atom is 0.0728 e. The first kappa shape index (κ1) is 18.2. The minimum Gasteiger partial charge on any atom is -0.380 e. The summed E-state index contributed by atoms with van der Waals surface area (Å²) in [5.41, 5.74) is 1.16. The van der Waals surface area contributed by atoms with Crippen LogP contribution in [-0.2, 0) is 11.2 Å². The predicted octanol–water partition coefficient (Wildman–Crippen LogP) is 3.58. The van der Waals surface area contributed by atoms with Gasteiger partial charge in [-0.25, -0.2) is 0 Å². The van der Waals surface area contributed by atoms with Crippen molar-refractivity contribution >= 4 is 0 Å². The van der Waals surface area contributed by atoms with E-state index in [0.29, 0.717) is 12.1 Å². The van der Waals surface area contributed by atoms with Crippen LogP contribution in [-0.4, -0.2) is 35.6 Å². The summed E-state index contributed by atoms with van der Waals surface area (Å²) in [6.45, 7) is 9.76. The standard InChI is InChI=1S/C17H33N3O/c1-6-10-17(21-5)16(18-9-4)13-14-11-12-20(19-14)15(7-2)8-3/h11-12,15-18H,6-10,13H2,1-5H3. The second kappa shape index (κ2) is 9.96. The first-order chi connectivity index (χ1) is 10.2. The van der Waals surface area contributed by atoms with Crippen molar-refractivity contribution in [3.8, 4) is 0 Å². The summed E-state index contributed by atoms with van der Waals surface area (Å²) in [6.07, 6.45) is 7.80. The molecule has 0 radical (unpaired) electrons. The highest BCUT2D eigenvalue weighted by molar-refractivity contribution is 5.03. The molecule has 0 aromatic carbocycles. The van der Waals surface area contributed by atoms with Gasteiger partial charge in [-0.3, -0.25) is 4.68 Å². The summed E-state index contributed by atoms with van der Waals surface area (Å²) in [5.74, 6) is 0. The van der Waals surface area contributed by atoms with Gasteiger partial charge >= 0.3 is 0 Å². The predicted molar refractivity (Wildman–Crippen MR) is 88.7 cm³/mol. The monoisotopic (exact) mass is 295 g/mol. The van der Waals surface area contributed by atoms with Gasteiger partial charge < -0.3 is 10.1 Å². The molecule has 21 heavy (non-hydrogen) atoms. The smallest absolute Gasteiger partial charge is 0.0728 e. The molecule has 1 rings (SSSR count). The Bertz CT molecular complexity index is 374. The molecule has 0 saturated carbocycles. The Hall–Kier alpha value is -0.870. The molecular formula is C17H33N3O. The lowest BCUT2D eigenvalue weighted by Crippen LogP contribution is -2.42. The molecule has 122 valence electrons. The molecule has 0 spiro atoms. The van der Waals surface area contributed by atoms with Crippen LogP contribution in [0, 0.1) is 0 Å². The minimum absolute atomic E-state index is 0.258. The maximum absolute atomic E-state index is 5.68. The summed E-state index contributed by atoms with van der Waals surface area (Å²) in [7, 11) is 1.81. The van der Waals surface area contributed by atoms with Crippen molar-refractivity contribution < 1.29 is 4.74 Å². The number of nitrogens with one attached hydrogen (secondary N) is 1. The van der Waals surface area contributed by atoms with Gasteiger partial charge in [0.05, 0.1) is 17.8 Å². The van der Waals surface area contributed by atoms with E-state index in [1.165, 1.54) is 0 Å². The van der Waals surface area contributed by atoms with E-state index in [4.69, 9.17) is 9.84 Å². The van der Waals surface area contributed by atoms with Crippen LogP contribution in [0.2, 0.25) is 0 Å². The molecule has 1 N–H and O–H groups in total. The van der Waals surface area contributed by atoms with Crippen molar-refractivity contribution in [2.45, 2.75) is 78.0 Å². The van der Waals surface area contributed by atoms with Gasteiger partial charge in [0.25, 0.3) is 0 Å². The Labute approximate surface area is 130 Å². The Morgan fingerprint density at radius 3 is 2.48 bits per heavy atom. The van der Waals surface area contributed by atoms with Crippen LogP contribution in [0.15, 0.2) is 12.3 Å². The van der Waals surface area contributed by atoms with Gasteiger partial charge in [0.2, 0.25) is 0 Å². The van der Waals surface area contributed by atoms with Gasteiger partial charge in [-0.05, 0) is 31.9 Å². The van der Waals surface area contributed by atoms with Crippen molar-refractivity contribution in [1.29, 1.82) is 0 Å². The van der Waals surface area contributed by atoms with Crippen LogP contribution in [0.25, 0.3) is 0 Å². The molecule has 1 aromatic heterocycles. The van der Waals surface area contributed by atoms with Crippen molar-refractivity contribution in [3.63, 3.8) is 0 Å². The van der Waals surface area contributed by atoms with Gasteiger partial charge in [-0.1, -0.05) is 34.1 Å². The maximum atomic E-state index is 5.68. The zero-order valence-electron chi connectivity index (χ0n) is 14.4. The summed E-state index contributed by atoms with van der Waals surface area (Å²) < 4.78 is 7.80. The third kappa shape index (κ3) is 5.44. The third-order valence-corrected chi connectivity index (χ3v) is 4.20. The summed E-state index contributed by atoms with van der Waals surface area (Å²) in [5, 5.41) is 8.33. The van der Waals surface area contributed by atoms with Crippen molar-refractivity contribution in [2.24, 2.45) is 0 Å². The van der Waals surface area contributed by atoms with E-state index in [2.05, 4.69) is 50.0 Å². The molecule has 0 bridgehead atoms. The largest absolute Gasteiger partial charge is 0.380 e. The molecule has 0 fully saturated rings. The van der Waals surface area contributed by atoms with Crippen LogP contribution >= 0.6 is 0 Å². The first-order valence-corrected chi connectivity index (χ1v) is 8.50. The quantitative estimate of drug-likeness (QED) is 0.678. The number of nitrogens with zero attached hydrogens (tertiary/aromatic N) is 2. The van der Waals surface area contributed by atoms with Gasteiger partial charge in [0.1, 0.15) is 0 Å².